The molecule has 0 aliphatic carbocycles. The lowest BCUT2D eigenvalue weighted by atomic mass is 10.00. The summed E-state index contributed by atoms with van der Waals surface area (Å²) in [6.45, 7) is 1.34. The van der Waals surface area contributed by atoms with E-state index in [-0.39, 0.29) is 18.4 Å². The van der Waals surface area contributed by atoms with E-state index in [4.69, 9.17) is 15.6 Å². The number of ether oxygens (including phenoxy) is 1. The number of methoxy groups -OCH3 is 1. The quantitative estimate of drug-likeness (QED) is 0.742. The van der Waals surface area contributed by atoms with E-state index in [1.54, 1.807) is 23.1 Å². The number of aliphatic hydroxyl groups is 1. The van der Waals surface area contributed by atoms with E-state index in [1.807, 2.05) is 0 Å². The number of likely N-dealkylation sites (tertiary alicyclic amines) is 1. The van der Waals surface area contributed by atoms with E-state index in [0.717, 1.165) is 0 Å². The van der Waals surface area contributed by atoms with E-state index < -0.39 is 0 Å². The van der Waals surface area contributed by atoms with Crippen molar-refractivity contribution in [3.05, 3.63) is 23.8 Å². The van der Waals surface area contributed by atoms with Gasteiger partial charge in [0.2, 0.25) is 0 Å². The number of benzene rings is 1. The van der Waals surface area contributed by atoms with Gasteiger partial charge in [-0.3, -0.25) is 4.79 Å². The minimum Gasteiger partial charge on any atom is -0.497 e. The molecule has 0 saturated carbocycles. The van der Waals surface area contributed by atoms with Crippen molar-refractivity contribution in [1.82, 2.24) is 4.90 Å². The van der Waals surface area contributed by atoms with Crippen molar-refractivity contribution in [2.45, 2.75) is 0 Å². The number of carbonyl (C=O) groups excluding carboxylic acids is 1. The number of nitrogen functional groups attached to an aromatic ring is 1. The van der Waals surface area contributed by atoms with E-state index in [2.05, 4.69) is 0 Å². The van der Waals surface area contributed by atoms with Crippen LogP contribution in [0.1, 0.15) is 10.4 Å². The predicted molar refractivity (Wildman–Crippen MR) is 63.9 cm³/mol. The van der Waals surface area contributed by atoms with Crippen LogP contribution in [0.2, 0.25) is 0 Å². The lowest BCUT2D eigenvalue weighted by molar-refractivity contribution is 0.0362. The molecule has 17 heavy (non-hydrogen) atoms. The fourth-order valence-electron chi connectivity index (χ4n) is 1.90. The molecule has 1 aliphatic heterocycles. The Kier molecular flexibility index (Phi) is 3.19. The lowest BCUT2D eigenvalue weighted by Gasteiger charge is -2.38. The summed E-state index contributed by atoms with van der Waals surface area (Å²) in [4.78, 5) is 13.7. The number of anilines is 1. The minimum atomic E-state index is -0.0692. The van der Waals surface area contributed by atoms with Crippen LogP contribution >= 0.6 is 0 Å². The van der Waals surface area contributed by atoms with E-state index in [1.165, 1.54) is 7.11 Å². The Hall–Kier alpha value is -1.75. The molecule has 1 aromatic carbocycles. The summed E-state index contributed by atoms with van der Waals surface area (Å²) in [5, 5.41) is 8.90. The van der Waals surface area contributed by atoms with Gasteiger partial charge in [0.1, 0.15) is 5.75 Å². The number of rotatable bonds is 3. The average Bonchev–Trinajstić information content (AvgIpc) is 2.26. The Bertz CT molecular complexity index is 428. The van der Waals surface area contributed by atoms with Crippen LogP contribution < -0.4 is 10.5 Å². The molecule has 0 bridgehead atoms. The zero-order chi connectivity index (χ0) is 12.4. The first-order valence-corrected chi connectivity index (χ1v) is 5.48. The molecule has 92 valence electrons. The van der Waals surface area contributed by atoms with Crippen LogP contribution in [-0.2, 0) is 0 Å². The second-order valence-electron chi connectivity index (χ2n) is 4.25. The number of nitrogens with two attached hydrogens (primary N) is 1. The van der Waals surface area contributed by atoms with Crippen LogP contribution in [0.3, 0.4) is 0 Å². The van der Waals surface area contributed by atoms with Crippen LogP contribution in [0.25, 0.3) is 0 Å². The largest absolute Gasteiger partial charge is 0.497 e. The second kappa shape index (κ2) is 4.63. The molecule has 0 atom stereocenters. The molecule has 5 heteroatoms. The summed E-state index contributed by atoms with van der Waals surface area (Å²) in [5.41, 5.74) is 6.73. The smallest absolute Gasteiger partial charge is 0.254 e. The molecule has 1 saturated heterocycles. The maximum atomic E-state index is 12.0. The van der Waals surface area contributed by atoms with Crippen LogP contribution in [0.4, 0.5) is 5.69 Å². The Morgan fingerprint density at radius 1 is 1.53 bits per heavy atom. The zero-order valence-electron chi connectivity index (χ0n) is 9.72. The first-order valence-electron chi connectivity index (χ1n) is 5.48. The van der Waals surface area contributed by atoms with Gasteiger partial charge in [-0.15, -0.1) is 0 Å². The fourth-order valence-corrected chi connectivity index (χ4v) is 1.90. The Morgan fingerprint density at radius 3 is 2.82 bits per heavy atom. The molecule has 0 spiro atoms. The van der Waals surface area contributed by atoms with Crippen molar-refractivity contribution in [2.75, 3.05) is 32.5 Å². The van der Waals surface area contributed by atoms with Gasteiger partial charge in [-0.1, -0.05) is 0 Å². The van der Waals surface area contributed by atoms with Crippen LogP contribution in [-0.4, -0.2) is 42.7 Å². The highest BCUT2D eigenvalue weighted by atomic mass is 16.5. The van der Waals surface area contributed by atoms with Crippen molar-refractivity contribution in [2.24, 2.45) is 5.92 Å². The monoisotopic (exact) mass is 236 g/mol. The summed E-state index contributed by atoms with van der Waals surface area (Å²) >= 11 is 0. The topological polar surface area (TPSA) is 75.8 Å². The molecule has 1 aliphatic rings. The van der Waals surface area contributed by atoms with Gasteiger partial charge in [0, 0.05) is 42.9 Å². The lowest BCUT2D eigenvalue weighted by Crippen LogP contribution is -2.51. The predicted octanol–water partition coefficient (Wildman–Crippen LogP) is 0.342. The third-order valence-corrected chi connectivity index (χ3v) is 2.91. The standard InChI is InChI=1S/C12H16N2O3/c1-17-11-3-9(2-10(13)4-11)12(16)14-5-8(6-14)7-15/h2-4,8,15H,5-7,13H2,1H3. The number of carbonyl (C=O) groups is 1. The van der Waals surface area contributed by atoms with Crippen LogP contribution in [0, 0.1) is 5.92 Å². The van der Waals surface area contributed by atoms with Crippen molar-refractivity contribution < 1.29 is 14.6 Å². The Morgan fingerprint density at radius 2 is 2.24 bits per heavy atom. The zero-order valence-corrected chi connectivity index (χ0v) is 9.72. The van der Waals surface area contributed by atoms with Gasteiger partial charge in [-0.25, -0.2) is 0 Å². The molecule has 0 unspecified atom stereocenters. The molecule has 0 aromatic heterocycles. The number of hydrogen-bond acceptors (Lipinski definition) is 4. The molecule has 1 fully saturated rings. The highest BCUT2D eigenvalue weighted by Gasteiger charge is 2.30. The number of nitrogens with zero attached hydrogens (tertiary/aromatic N) is 1. The summed E-state index contributed by atoms with van der Waals surface area (Å²) in [6, 6.07) is 4.98. The number of amides is 1. The maximum absolute atomic E-state index is 12.0. The minimum absolute atomic E-state index is 0.0692. The van der Waals surface area contributed by atoms with E-state index in [0.29, 0.717) is 30.1 Å². The second-order valence-corrected chi connectivity index (χ2v) is 4.25. The van der Waals surface area contributed by atoms with Crippen LogP contribution in [0.15, 0.2) is 18.2 Å². The highest BCUT2D eigenvalue weighted by molar-refractivity contribution is 5.96. The maximum Gasteiger partial charge on any atom is 0.254 e. The molecule has 0 radical (unpaired) electrons. The molecule has 3 N–H and O–H groups in total. The molecular weight excluding hydrogens is 220 g/mol. The van der Waals surface area contributed by atoms with Gasteiger partial charge in [0.05, 0.1) is 7.11 Å². The van der Waals surface area contributed by atoms with Gasteiger partial charge in [0.15, 0.2) is 0 Å². The third-order valence-electron chi connectivity index (χ3n) is 2.91. The normalized spacial score (nSPS) is 15.5. The molecule has 5 nitrogen and oxygen atoms in total. The molecule has 1 aromatic rings. The number of hydrogen-bond donors (Lipinski definition) is 2. The van der Waals surface area contributed by atoms with Crippen molar-refractivity contribution in [1.29, 1.82) is 0 Å². The van der Waals surface area contributed by atoms with Crippen molar-refractivity contribution >= 4 is 11.6 Å². The average molecular weight is 236 g/mol. The molecular formula is C12H16N2O3. The first-order chi connectivity index (χ1) is 8.13. The van der Waals surface area contributed by atoms with Crippen molar-refractivity contribution in [3.63, 3.8) is 0 Å². The van der Waals surface area contributed by atoms with Gasteiger partial charge in [0.25, 0.3) is 5.91 Å². The van der Waals surface area contributed by atoms with Crippen LogP contribution in [0.5, 0.6) is 5.75 Å². The number of aliphatic hydroxyl groups excluding tert-OH is 1. The summed E-state index contributed by atoms with van der Waals surface area (Å²) in [5.74, 6) is 0.717. The molecule has 2 rings (SSSR count). The van der Waals surface area contributed by atoms with Gasteiger partial charge < -0.3 is 20.5 Å². The van der Waals surface area contributed by atoms with Gasteiger partial charge >= 0.3 is 0 Å². The highest BCUT2D eigenvalue weighted by Crippen LogP contribution is 2.23. The van der Waals surface area contributed by atoms with Crippen molar-refractivity contribution in [3.8, 4) is 5.75 Å². The Balaban J connectivity index is 2.12. The summed E-state index contributed by atoms with van der Waals surface area (Å²) in [7, 11) is 1.54. The van der Waals surface area contributed by atoms with Gasteiger partial charge in [-0.2, -0.15) is 0 Å². The van der Waals surface area contributed by atoms with Gasteiger partial charge in [-0.05, 0) is 12.1 Å². The molecule has 1 amide bonds. The molecule has 1 heterocycles. The third kappa shape index (κ3) is 2.34. The van der Waals surface area contributed by atoms with E-state index in [9.17, 15) is 4.79 Å². The first kappa shape index (κ1) is 11.7. The summed E-state index contributed by atoms with van der Waals surface area (Å²) in [6.07, 6.45) is 0. The summed E-state index contributed by atoms with van der Waals surface area (Å²) < 4.78 is 5.07. The fraction of sp³-hybridized carbons (Fsp3) is 0.417. The SMILES string of the molecule is COc1cc(N)cc(C(=O)N2CC(CO)C2)c1. The Labute approximate surface area is 99.8 Å². The van der Waals surface area contributed by atoms with E-state index >= 15 is 0 Å².